The fourth-order valence-corrected chi connectivity index (χ4v) is 2.72. The van der Waals surface area contributed by atoms with E-state index in [1.807, 2.05) is 16.5 Å². The molecule has 0 radical (unpaired) electrons. The summed E-state index contributed by atoms with van der Waals surface area (Å²) in [5.41, 5.74) is 3.41. The van der Waals surface area contributed by atoms with Crippen LogP contribution >= 0.6 is 0 Å². The van der Waals surface area contributed by atoms with Crippen LogP contribution in [-0.4, -0.2) is 52.6 Å². The summed E-state index contributed by atoms with van der Waals surface area (Å²) in [6.45, 7) is 9.90. The third-order valence-electron chi connectivity index (χ3n) is 4.39. The lowest BCUT2D eigenvalue weighted by molar-refractivity contribution is 0.122. The minimum absolute atomic E-state index is 0.331. The molecule has 2 aromatic heterocycles. The normalized spacial score (nSPS) is 14.9. The van der Waals surface area contributed by atoms with Gasteiger partial charge in [0.2, 0.25) is 5.95 Å². The zero-order valence-corrected chi connectivity index (χ0v) is 14.3. The van der Waals surface area contributed by atoms with Crippen LogP contribution in [0.3, 0.4) is 0 Å². The van der Waals surface area contributed by atoms with E-state index in [2.05, 4.69) is 34.2 Å². The van der Waals surface area contributed by atoms with Gasteiger partial charge in [0.25, 0.3) is 0 Å². The van der Waals surface area contributed by atoms with Crippen LogP contribution in [0.2, 0.25) is 0 Å². The highest BCUT2D eigenvalue weighted by molar-refractivity contribution is 5.44. The van der Waals surface area contributed by atoms with Crippen LogP contribution in [0.4, 0.5) is 16.2 Å². The second-order valence-corrected chi connectivity index (χ2v) is 5.91. The minimum Gasteiger partial charge on any atom is -0.378 e. The van der Waals surface area contributed by atoms with E-state index in [1.165, 1.54) is 11.8 Å². The third-order valence-corrected chi connectivity index (χ3v) is 4.39. The van der Waals surface area contributed by atoms with Crippen molar-refractivity contribution in [2.75, 3.05) is 43.1 Å². The van der Waals surface area contributed by atoms with E-state index < -0.39 is 5.82 Å². The van der Waals surface area contributed by atoms with Crippen LogP contribution < -0.4 is 10.2 Å². The molecule has 0 saturated carbocycles. The first-order chi connectivity index (χ1) is 11.6. The molecule has 1 fully saturated rings. The molecule has 130 valence electrons. The Morgan fingerprint density at radius 1 is 1.25 bits per heavy atom. The van der Waals surface area contributed by atoms with E-state index in [0.717, 1.165) is 11.4 Å². The van der Waals surface area contributed by atoms with Crippen molar-refractivity contribution >= 4 is 11.8 Å². The molecule has 0 unspecified atom stereocenters. The Balaban J connectivity index is 1.63. The number of nitrogens with one attached hydrogen (secondary N) is 1. The van der Waals surface area contributed by atoms with Crippen molar-refractivity contribution in [3.8, 4) is 0 Å². The van der Waals surface area contributed by atoms with Gasteiger partial charge in [0, 0.05) is 25.3 Å². The number of aryl methyl sites for hydroxylation is 1. The van der Waals surface area contributed by atoms with Gasteiger partial charge in [0.05, 0.1) is 31.6 Å². The Hall–Kier alpha value is -2.22. The second-order valence-electron chi connectivity index (χ2n) is 5.91. The number of morpholine rings is 1. The summed E-state index contributed by atoms with van der Waals surface area (Å²) in [5.74, 6) is 0.352. The minimum atomic E-state index is -0.406. The molecule has 1 N–H and O–H groups in total. The molecule has 0 aliphatic carbocycles. The molecule has 3 rings (SSSR count). The van der Waals surface area contributed by atoms with Crippen LogP contribution in [0.5, 0.6) is 0 Å². The monoisotopic (exact) mass is 334 g/mol. The molecule has 0 amide bonds. The third kappa shape index (κ3) is 3.48. The number of nitrogens with zero attached hydrogens (tertiary/aromatic N) is 5. The Morgan fingerprint density at radius 2 is 2.00 bits per heavy atom. The van der Waals surface area contributed by atoms with E-state index in [9.17, 15) is 4.39 Å². The summed E-state index contributed by atoms with van der Waals surface area (Å²) in [7, 11) is 0. The quantitative estimate of drug-likeness (QED) is 0.897. The van der Waals surface area contributed by atoms with E-state index in [1.54, 1.807) is 0 Å². The van der Waals surface area contributed by atoms with Crippen molar-refractivity contribution in [3.63, 3.8) is 0 Å². The van der Waals surface area contributed by atoms with Crippen molar-refractivity contribution in [3.05, 3.63) is 29.0 Å². The molecule has 2 aromatic rings. The van der Waals surface area contributed by atoms with Crippen molar-refractivity contribution in [1.29, 1.82) is 0 Å². The topological polar surface area (TPSA) is 68.1 Å². The number of halogens is 1. The lowest BCUT2D eigenvalue weighted by Gasteiger charge is -2.28. The van der Waals surface area contributed by atoms with Gasteiger partial charge in [-0.3, -0.25) is 4.68 Å². The number of aromatic nitrogens is 4. The van der Waals surface area contributed by atoms with Gasteiger partial charge in [-0.25, -0.2) is 9.37 Å². The number of ether oxygens (including phenoxy) is 1. The number of hydrogen-bond acceptors (Lipinski definition) is 6. The lowest BCUT2D eigenvalue weighted by Crippen LogP contribution is -2.37. The predicted octanol–water partition coefficient (Wildman–Crippen LogP) is 1.69. The van der Waals surface area contributed by atoms with Crippen LogP contribution in [0.15, 0.2) is 6.20 Å². The molecule has 7 nitrogen and oxygen atoms in total. The van der Waals surface area contributed by atoms with E-state index in [4.69, 9.17) is 4.74 Å². The van der Waals surface area contributed by atoms with Gasteiger partial charge in [-0.15, -0.1) is 0 Å². The highest BCUT2D eigenvalue weighted by atomic mass is 19.1. The smallest absolute Gasteiger partial charge is 0.224 e. The van der Waals surface area contributed by atoms with E-state index >= 15 is 0 Å². The molecule has 1 saturated heterocycles. The Morgan fingerprint density at radius 3 is 2.67 bits per heavy atom. The molecular formula is C16H23FN6O. The summed E-state index contributed by atoms with van der Waals surface area (Å²) in [6.07, 6.45) is 1.22. The second kappa shape index (κ2) is 7.12. The summed E-state index contributed by atoms with van der Waals surface area (Å²) in [6, 6.07) is 0. The predicted molar refractivity (Wildman–Crippen MR) is 89.9 cm³/mol. The lowest BCUT2D eigenvalue weighted by atomic mass is 10.2. The van der Waals surface area contributed by atoms with Crippen LogP contribution in [0.1, 0.15) is 17.0 Å². The fraction of sp³-hybridized carbons (Fsp3) is 0.562. The average Bonchev–Trinajstić information content (AvgIpc) is 2.84. The first kappa shape index (κ1) is 16.6. The highest BCUT2D eigenvalue weighted by Gasteiger charge is 2.17. The number of hydrogen-bond donors (Lipinski definition) is 1. The van der Waals surface area contributed by atoms with Crippen molar-refractivity contribution in [2.24, 2.45) is 0 Å². The Kier molecular flexibility index (Phi) is 4.94. The zero-order chi connectivity index (χ0) is 17.1. The Bertz CT molecular complexity index is 711. The van der Waals surface area contributed by atoms with Gasteiger partial charge in [-0.2, -0.15) is 10.1 Å². The van der Waals surface area contributed by atoms with Crippen LogP contribution in [0.25, 0.3) is 0 Å². The number of anilines is 2. The van der Waals surface area contributed by atoms with E-state index in [0.29, 0.717) is 51.2 Å². The average molecular weight is 334 g/mol. The maximum absolute atomic E-state index is 14.0. The molecule has 1 aliphatic rings. The number of rotatable bonds is 5. The largest absolute Gasteiger partial charge is 0.378 e. The van der Waals surface area contributed by atoms with Crippen molar-refractivity contribution in [1.82, 2.24) is 19.7 Å². The molecule has 0 atom stereocenters. The van der Waals surface area contributed by atoms with Gasteiger partial charge in [-0.05, 0) is 26.3 Å². The SMILES string of the molecule is Cc1nn(CCNc2ncc(F)c(N3CCOCC3)n2)c(C)c1C. The summed E-state index contributed by atoms with van der Waals surface area (Å²) >= 11 is 0. The molecule has 0 spiro atoms. The van der Waals surface area contributed by atoms with Crippen molar-refractivity contribution < 1.29 is 9.13 Å². The van der Waals surface area contributed by atoms with E-state index in [-0.39, 0.29) is 0 Å². The maximum Gasteiger partial charge on any atom is 0.224 e. The molecule has 0 aromatic carbocycles. The first-order valence-electron chi connectivity index (χ1n) is 8.16. The van der Waals surface area contributed by atoms with Crippen molar-refractivity contribution in [2.45, 2.75) is 27.3 Å². The molecular weight excluding hydrogens is 311 g/mol. The molecule has 8 heteroatoms. The Labute approximate surface area is 140 Å². The van der Waals surface area contributed by atoms with Gasteiger partial charge in [-0.1, -0.05) is 0 Å². The summed E-state index contributed by atoms with van der Waals surface area (Å²) < 4.78 is 21.2. The van der Waals surface area contributed by atoms with Gasteiger partial charge >= 0.3 is 0 Å². The highest BCUT2D eigenvalue weighted by Crippen LogP contribution is 2.18. The van der Waals surface area contributed by atoms with Gasteiger partial charge in [0.1, 0.15) is 0 Å². The van der Waals surface area contributed by atoms with Crippen LogP contribution in [-0.2, 0) is 11.3 Å². The molecule has 24 heavy (non-hydrogen) atoms. The van der Waals surface area contributed by atoms with Gasteiger partial charge < -0.3 is 15.0 Å². The van der Waals surface area contributed by atoms with Gasteiger partial charge in [0.15, 0.2) is 11.6 Å². The molecule has 1 aliphatic heterocycles. The maximum atomic E-state index is 14.0. The standard InChI is InChI=1S/C16H23FN6O/c1-11-12(2)21-23(13(11)3)5-4-18-16-19-10-14(17)15(20-16)22-6-8-24-9-7-22/h10H,4-9H2,1-3H3,(H,18,19,20). The fourth-order valence-electron chi connectivity index (χ4n) is 2.72. The molecule has 3 heterocycles. The van der Waals surface area contributed by atoms with Crippen LogP contribution in [0, 0.1) is 26.6 Å². The summed E-state index contributed by atoms with van der Waals surface area (Å²) in [5, 5.41) is 7.65. The summed E-state index contributed by atoms with van der Waals surface area (Å²) in [4.78, 5) is 10.2. The zero-order valence-electron chi connectivity index (χ0n) is 14.3. The first-order valence-corrected chi connectivity index (χ1v) is 8.16. The molecule has 0 bridgehead atoms.